The summed E-state index contributed by atoms with van der Waals surface area (Å²) in [4.78, 5) is 8.69. The Balaban J connectivity index is 1.88. The van der Waals surface area contributed by atoms with Gasteiger partial charge in [0.05, 0.1) is 16.7 Å². The van der Waals surface area contributed by atoms with Gasteiger partial charge in [-0.1, -0.05) is 25.4 Å². The predicted molar refractivity (Wildman–Crippen MR) is 126 cm³/mol. The maximum atomic E-state index is 12.7. The number of nitrogens with zero attached hydrogens (tertiary/aromatic N) is 2. The Morgan fingerprint density at radius 1 is 1.26 bits per heavy atom. The maximum absolute atomic E-state index is 12.7. The van der Waals surface area contributed by atoms with Gasteiger partial charge in [-0.2, -0.15) is 0 Å². The Morgan fingerprint density at radius 3 is 2.52 bits per heavy atom. The molecular formula is C21H30ClN3O4S2. The van der Waals surface area contributed by atoms with Crippen LogP contribution in [0.2, 0.25) is 5.15 Å². The number of ether oxygens (including phenoxy) is 1. The van der Waals surface area contributed by atoms with Crippen LogP contribution in [0.5, 0.6) is 5.88 Å². The topological polar surface area (TPSA) is 104 Å². The molecule has 0 aromatic carbocycles. The minimum Gasteiger partial charge on any atom is -0.598 e. The molecule has 1 aliphatic rings. The van der Waals surface area contributed by atoms with Gasteiger partial charge in [-0.25, -0.2) is 18.4 Å². The Kier molecular flexibility index (Phi) is 7.42. The first-order valence-electron chi connectivity index (χ1n) is 10.5. The average molecular weight is 488 g/mol. The minimum absolute atomic E-state index is 0.143. The molecule has 0 amide bonds. The molecule has 2 heterocycles. The Hall–Kier alpha value is -1.13. The molecule has 2 atom stereocenters. The number of halogens is 1. The van der Waals surface area contributed by atoms with Crippen molar-refractivity contribution < 1.29 is 17.7 Å². The molecule has 3 rings (SSSR count). The molecule has 0 radical (unpaired) electrons. The number of rotatable bonds is 8. The molecule has 0 bridgehead atoms. The minimum atomic E-state index is -3.05. The first-order valence-corrected chi connectivity index (χ1v) is 13.7. The van der Waals surface area contributed by atoms with Gasteiger partial charge in [0, 0.05) is 47.9 Å². The average Bonchev–Trinajstić information content (AvgIpc) is 2.67. The van der Waals surface area contributed by atoms with Crippen molar-refractivity contribution in [2.24, 2.45) is 0 Å². The lowest BCUT2D eigenvalue weighted by Crippen LogP contribution is -2.43. The van der Waals surface area contributed by atoms with Gasteiger partial charge in [-0.15, -0.1) is 4.72 Å². The van der Waals surface area contributed by atoms with Crippen LogP contribution < -0.4 is 9.46 Å². The zero-order valence-corrected chi connectivity index (χ0v) is 20.9. The fourth-order valence-corrected chi connectivity index (χ4v) is 6.00. The quantitative estimate of drug-likeness (QED) is 0.440. The highest BCUT2D eigenvalue weighted by atomic mass is 35.5. The third-order valence-corrected chi connectivity index (χ3v) is 9.59. The second-order valence-corrected chi connectivity index (χ2v) is 13.8. The van der Waals surface area contributed by atoms with Crippen LogP contribution in [0, 0.1) is 0 Å². The van der Waals surface area contributed by atoms with Crippen LogP contribution in [0.1, 0.15) is 65.5 Å². The normalized spacial score (nSPS) is 21.5. The number of nitrogens with one attached hydrogen (secondary N) is 1. The molecule has 172 valence electrons. The maximum Gasteiger partial charge on any atom is 0.223 e. The van der Waals surface area contributed by atoms with E-state index in [0.717, 1.165) is 10.9 Å². The van der Waals surface area contributed by atoms with Crippen LogP contribution in [0.3, 0.4) is 0 Å². The highest BCUT2D eigenvalue weighted by molar-refractivity contribution is 7.92. The summed E-state index contributed by atoms with van der Waals surface area (Å²) in [5.74, 6) is 0.552. The number of aromatic nitrogens is 2. The summed E-state index contributed by atoms with van der Waals surface area (Å²) in [6.45, 7) is 9.43. The van der Waals surface area contributed by atoms with Gasteiger partial charge in [-0.05, 0) is 38.6 Å². The molecule has 10 heteroatoms. The van der Waals surface area contributed by atoms with Crippen LogP contribution in [0.25, 0.3) is 10.8 Å². The Morgan fingerprint density at radius 2 is 1.94 bits per heavy atom. The van der Waals surface area contributed by atoms with Crippen LogP contribution in [-0.4, -0.2) is 44.8 Å². The van der Waals surface area contributed by atoms with E-state index in [1.165, 1.54) is 0 Å². The predicted octanol–water partition coefficient (Wildman–Crippen LogP) is 4.13. The lowest BCUT2D eigenvalue weighted by Gasteiger charge is -2.34. The zero-order valence-electron chi connectivity index (χ0n) is 18.5. The molecule has 1 unspecified atom stereocenters. The largest absolute Gasteiger partial charge is 0.598 e. The van der Waals surface area contributed by atoms with Gasteiger partial charge in [0.25, 0.3) is 0 Å². The summed E-state index contributed by atoms with van der Waals surface area (Å²) in [6, 6.07) is 1.57. The Labute approximate surface area is 192 Å². The number of hydrogen-bond acceptors (Lipinski definition) is 7. The molecule has 1 N–H and O–H groups in total. The summed E-state index contributed by atoms with van der Waals surface area (Å²) in [6.07, 6.45) is 4.77. The van der Waals surface area contributed by atoms with E-state index in [0.29, 0.717) is 35.7 Å². The van der Waals surface area contributed by atoms with Gasteiger partial charge in [-0.3, -0.25) is 0 Å². The van der Waals surface area contributed by atoms with Crippen molar-refractivity contribution in [1.82, 2.24) is 14.7 Å². The summed E-state index contributed by atoms with van der Waals surface area (Å²) in [7, 11) is -3.05. The van der Waals surface area contributed by atoms with Crippen LogP contribution >= 0.6 is 11.6 Å². The standard InChI is InChI=1S/C21H30ClN3O4S2/c1-6-18(25-30(26)21(3,4)5)16-11-24-20(17-12-23-19(22)10-15(16)17)29-13-8-14(9-13)31(27,28)7-2/h10-14,18,25H,6-9H2,1-5H3/t13?,14?,18-,30?/m0/s1. The number of sulfone groups is 1. The molecule has 7 nitrogen and oxygen atoms in total. The molecule has 2 aromatic heterocycles. The molecule has 0 spiro atoms. The van der Waals surface area contributed by atoms with Crippen LogP contribution in [0.4, 0.5) is 0 Å². The van der Waals surface area contributed by atoms with Gasteiger partial charge in [0.2, 0.25) is 5.88 Å². The van der Waals surface area contributed by atoms with Gasteiger partial charge < -0.3 is 9.29 Å². The molecule has 2 aromatic rings. The van der Waals surface area contributed by atoms with Gasteiger partial charge in [0.15, 0.2) is 9.84 Å². The molecule has 1 fully saturated rings. The second-order valence-electron chi connectivity index (χ2n) is 8.82. The summed E-state index contributed by atoms with van der Waals surface area (Å²) in [5, 5.41) is 1.52. The van der Waals surface area contributed by atoms with Crippen molar-refractivity contribution in [3.63, 3.8) is 0 Å². The fourth-order valence-electron chi connectivity index (χ4n) is 3.45. The molecule has 0 aliphatic heterocycles. The monoisotopic (exact) mass is 487 g/mol. The summed E-state index contributed by atoms with van der Waals surface area (Å²) >= 11 is 4.93. The van der Waals surface area contributed by atoms with Crippen molar-refractivity contribution in [2.75, 3.05) is 5.75 Å². The molecular weight excluding hydrogens is 458 g/mol. The number of pyridine rings is 2. The van der Waals surface area contributed by atoms with E-state index < -0.39 is 25.9 Å². The lowest BCUT2D eigenvalue weighted by molar-refractivity contribution is 0.119. The van der Waals surface area contributed by atoms with Crippen molar-refractivity contribution in [1.29, 1.82) is 0 Å². The van der Waals surface area contributed by atoms with Crippen molar-refractivity contribution in [3.05, 3.63) is 29.2 Å². The Bertz CT molecular complexity index is 1040. The first kappa shape index (κ1) is 24.5. The van der Waals surface area contributed by atoms with E-state index in [-0.39, 0.29) is 23.1 Å². The first-order chi connectivity index (χ1) is 14.5. The second kappa shape index (κ2) is 9.39. The van der Waals surface area contributed by atoms with Gasteiger partial charge >= 0.3 is 0 Å². The number of hydrogen-bond donors (Lipinski definition) is 1. The van der Waals surface area contributed by atoms with Crippen molar-refractivity contribution >= 4 is 43.6 Å². The van der Waals surface area contributed by atoms with E-state index in [4.69, 9.17) is 16.3 Å². The lowest BCUT2D eigenvalue weighted by atomic mass is 9.95. The van der Waals surface area contributed by atoms with Crippen molar-refractivity contribution in [3.8, 4) is 5.88 Å². The highest BCUT2D eigenvalue weighted by Gasteiger charge is 2.39. The third kappa shape index (κ3) is 5.45. The summed E-state index contributed by atoms with van der Waals surface area (Å²) in [5.41, 5.74) is 0.867. The molecule has 1 saturated carbocycles. The molecule has 1 aliphatic carbocycles. The van der Waals surface area contributed by atoms with Crippen LogP contribution in [0.15, 0.2) is 18.5 Å². The smallest absolute Gasteiger partial charge is 0.223 e. The third-order valence-electron chi connectivity index (χ3n) is 5.56. The highest BCUT2D eigenvalue weighted by Crippen LogP contribution is 2.36. The van der Waals surface area contributed by atoms with Crippen LogP contribution in [-0.2, 0) is 21.2 Å². The van der Waals surface area contributed by atoms with Gasteiger partial charge in [0.1, 0.15) is 16.0 Å². The fraction of sp³-hybridized carbons (Fsp3) is 0.619. The number of fused-ring (bicyclic) bond motifs is 1. The van der Waals surface area contributed by atoms with Crippen molar-refractivity contribution in [2.45, 2.75) is 76.0 Å². The van der Waals surface area contributed by atoms with E-state index in [1.54, 1.807) is 25.4 Å². The summed E-state index contributed by atoms with van der Waals surface area (Å²) < 4.78 is 45.5. The van der Waals surface area contributed by atoms with E-state index in [2.05, 4.69) is 14.7 Å². The zero-order chi connectivity index (χ0) is 23.0. The molecule has 31 heavy (non-hydrogen) atoms. The molecule has 0 saturated heterocycles. The van der Waals surface area contributed by atoms with E-state index >= 15 is 0 Å². The van der Waals surface area contributed by atoms with E-state index in [1.807, 2.05) is 27.7 Å². The SMILES string of the molecule is CC[C@H](N[S+]([O-])C(C)(C)C)c1cnc(OC2CC(S(=O)(=O)CC)C2)c2cnc(Cl)cc12. The van der Waals surface area contributed by atoms with E-state index in [9.17, 15) is 13.0 Å².